The predicted octanol–water partition coefficient (Wildman–Crippen LogP) is 0.802. The molecule has 6 heteroatoms. The van der Waals surface area contributed by atoms with Gasteiger partial charge in [-0.05, 0) is 34.9 Å². The normalized spacial score (nSPS) is 14.6. The zero-order chi connectivity index (χ0) is 13.9. The molecule has 102 valence electrons. The molecule has 1 heterocycles. The summed E-state index contributed by atoms with van der Waals surface area (Å²) in [6, 6.07) is 0. The maximum Gasteiger partial charge on any atom is 0.263 e. The number of rotatable bonds is 5. The molecule has 0 radical (unpaired) electrons. The quantitative estimate of drug-likeness (QED) is 0.831. The van der Waals surface area contributed by atoms with Crippen molar-refractivity contribution in [3.63, 3.8) is 0 Å². The Kier molecular flexibility index (Phi) is 4.84. The minimum absolute atomic E-state index is 0.169. The molecule has 0 saturated heterocycles. The maximum absolute atomic E-state index is 11.9. The van der Waals surface area contributed by atoms with Crippen LogP contribution >= 0.6 is 11.3 Å². The fraction of sp³-hybridized carbons (Fsp3) is 0.667. The summed E-state index contributed by atoms with van der Waals surface area (Å²) >= 11 is 1.37. The van der Waals surface area contributed by atoms with E-state index in [1.165, 1.54) is 11.3 Å². The second kappa shape index (κ2) is 5.77. The van der Waals surface area contributed by atoms with Gasteiger partial charge in [0.25, 0.3) is 5.91 Å². The predicted molar refractivity (Wildman–Crippen MR) is 73.1 cm³/mol. The minimum Gasteiger partial charge on any atom is -0.387 e. The highest BCUT2D eigenvalue weighted by Crippen LogP contribution is 2.17. The number of thiazole rings is 1. The van der Waals surface area contributed by atoms with E-state index < -0.39 is 5.60 Å². The van der Waals surface area contributed by atoms with Crippen molar-refractivity contribution in [2.45, 2.75) is 26.4 Å². The molecule has 1 aromatic rings. The van der Waals surface area contributed by atoms with Crippen LogP contribution in [-0.4, -0.2) is 53.7 Å². The largest absolute Gasteiger partial charge is 0.387 e. The Balaban J connectivity index is 2.59. The molecule has 1 atom stereocenters. The van der Waals surface area contributed by atoms with Crippen molar-refractivity contribution in [2.24, 2.45) is 0 Å². The van der Waals surface area contributed by atoms with Gasteiger partial charge >= 0.3 is 0 Å². The van der Waals surface area contributed by atoms with Crippen molar-refractivity contribution in [3.05, 3.63) is 15.6 Å². The fourth-order valence-electron chi connectivity index (χ4n) is 1.83. The number of hydrogen-bond acceptors (Lipinski definition) is 5. The van der Waals surface area contributed by atoms with E-state index in [-0.39, 0.29) is 12.5 Å². The number of amides is 1. The van der Waals surface area contributed by atoms with E-state index in [0.717, 1.165) is 10.7 Å². The Morgan fingerprint density at radius 3 is 2.56 bits per heavy atom. The van der Waals surface area contributed by atoms with Crippen LogP contribution in [0, 0.1) is 13.8 Å². The summed E-state index contributed by atoms with van der Waals surface area (Å²) in [5.41, 5.74) is -0.200. The first-order valence-electron chi connectivity index (χ1n) is 5.80. The summed E-state index contributed by atoms with van der Waals surface area (Å²) in [5.74, 6) is -0.169. The van der Waals surface area contributed by atoms with Crippen LogP contribution in [0.3, 0.4) is 0 Å². The summed E-state index contributed by atoms with van der Waals surface area (Å²) in [5, 5.41) is 13.7. The van der Waals surface area contributed by atoms with Gasteiger partial charge in [-0.25, -0.2) is 4.98 Å². The van der Waals surface area contributed by atoms with Crippen LogP contribution in [0.1, 0.15) is 27.3 Å². The minimum atomic E-state index is -0.938. The molecular weight excluding hydrogens is 250 g/mol. The lowest BCUT2D eigenvalue weighted by Gasteiger charge is -2.26. The number of hydrogen-bond donors (Lipinski definition) is 2. The molecule has 0 aliphatic rings. The van der Waals surface area contributed by atoms with Gasteiger partial charge in [-0.3, -0.25) is 4.79 Å². The van der Waals surface area contributed by atoms with Gasteiger partial charge in [-0.2, -0.15) is 0 Å². The fourth-order valence-corrected chi connectivity index (χ4v) is 2.67. The molecule has 0 bridgehead atoms. The number of carbonyl (C=O) groups is 1. The third-order valence-corrected chi connectivity index (χ3v) is 3.47. The number of aryl methyl sites for hydroxylation is 2. The third kappa shape index (κ3) is 4.36. The average molecular weight is 271 g/mol. The molecule has 2 N–H and O–H groups in total. The second-order valence-electron chi connectivity index (χ2n) is 5.06. The monoisotopic (exact) mass is 271 g/mol. The van der Waals surface area contributed by atoms with Crippen molar-refractivity contribution < 1.29 is 9.90 Å². The molecule has 1 unspecified atom stereocenters. The zero-order valence-corrected chi connectivity index (χ0v) is 12.4. The highest BCUT2D eigenvalue weighted by Gasteiger charge is 2.23. The van der Waals surface area contributed by atoms with Gasteiger partial charge < -0.3 is 15.3 Å². The number of carbonyl (C=O) groups excluding carboxylic acids is 1. The van der Waals surface area contributed by atoms with E-state index in [1.54, 1.807) is 6.92 Å². The van der Waals surface area contributed by atoms with Crippen LogP contribution in [0.25, 0.3) is 0 Å². The van der Waals surface area contributed by atoms with Gasteiger partial charge in [-0.1, -0.05) is 0 Å². The van der Waals surface area contributed by atoms with Crippen LogP contribution in [0.5, 0.6) is 0 Å². The summed E-state index contributed by atoms with van der Waals surface area (Å²) < 4.78 is 0. The van der Waals surface area contributed by atoms with Crippen LogP contribution in [0.15, 0.2) is 0 Å². The molecule has 0 fully saturated rings. The highest BCUT2D eigenvalue weighted by molar-refractivity contribution is 7.13. The Morgan fingerprint density at radius 1 is 1.50 bits per heavy atom. The molecule has 1 rings (SSSR count). The Labute approximate surface area is 112 Å². The summed E-state index contributed by atoms with van der Waals surface area (Å²) in [7, 11) is 3.76. The van der Waals surface area contributed by atoms with Crippen molar-refractivity contribution in [3.8, 4) is 0 Å². The van der Waals surface area contributed by atoms with Crippen molar-refractivity contribution in [1.29, 1.82) is 0 Å². The standard InChI is InChI=1S/C12H21N3O2S/c1-8-10(18-9(2)14-8)11(16)13-6-12(3,17)7-15(4)5/h17H,6-7H2,1-5H3,(H,13,16). The van der Waals surface area contributed by atoms with Crippen LogP contribution in [0.4, 0.5) is 0 Å². The van der Waals surface area contributed by atoms with Gasteiger partial charge in [0.2, 0.25) is 0 Å². The molecule has 0 spiro atoms. The molecule has 18 heavy (non-hydrogen) atoms. The molecule has 0 saturated carbocycles. The maximum atomic E-state index is 11.9. The number of nitrogens with zero attached hydrogens (tertiary/aromatic N) is 2. The number of nitrogens with one attached hydrogen (secondary N) is 1. The van der Waals surface area contributed by atoms with E-state index in [1.807, 2.05) is 32.8 Å². The van der Waals surface area contributed by atoms with E-state index in [4.69, 9.17) is 0 Å². The van der Waals surface area contributed by atoms with Crippen LogP contribution < -0.4 is 5.32 Å². The summed E-state index contributed by atoms with van der Waals surface area (Å²) in [6.45, 7) is 6.11. The lowest BCUT2D eigenvalue weighted by atomic mass is 10.1. The van der Waals surface area contributed by atoms with Crippen LogP contribution in [-0.2, 0) is 0 Å². The van der Waals surface area contributed by atoms with Crippen molar-refractivity contribution in [2.75, 3.05) is 27.2 Å². The van der Waals surface area contributed by atoms with Crippen molar-refractivity contribution >= 4 is 17.2 Å². The molecule has 1 amide bonds. The molecule has 0 aliphatic carbocycles. The molecule has 0 aromatic carbocycles. The van der Waals surface area contributed by atoms with E-state index in [9.17, 15) is 9.90 Å². The highest BCUT2D eigenvalue weighted by atomic mass is 32.1. The lowest BCUT2D eigenvalue weighted by Crippen LogP contribution is -2.47. The van der Waals surface area contributed by atoms with E-state index in [0.29, 0.717) is 11.4 Å². The van der Waals surface area contributed by atoms with Gasteiger partial charge in [0, 0.05) is 13.1 Å². The molecular formula is C12H21N3O2S. The van der Waals surface area contributed by atoms with Gasteiger partial charge in [0.15, 0.2) is 0 Å². The van der Waals surface area contributed by atoms with Crippen molar-refractivity contribution in [1.82, 2.24) is 15.2 Å². The molecule has 5 nitrogen and oxygen atoms in total. The molecule has 0 aliphatic heterocycles. The molecule has 1 aromatic heterocycles. The summed E-state index contributed by atoms with van der Waals surface area (Å²) in [6.07, 6.45) is 0. The number of aromatic nitrogens is 1. The Morgan fingerprint density at radius 2 is 2.11 bits per heavy atom. The lowest BCUT2D eigenvalue weighted by molar-refractivity contribution is 0.0326. The topological polar surface area (TPSA) is 65.5 Å². The van der Waals surface area contributed by atoms with E-state index in [2.05, 4.69) is 10.3 Å². The summed E-state index contributed by atoms with van der Waals surface area (Å²) in [4.78, 5) is 18.7. The van der Waals surface area contributed by atoms with E-state index >= 15 is 0 Å². The first kappa shape index (κ1) is 15.1. The average Bonchev–Trinajstić information content (AvgIpc) is 2.52. The Bertz CT molecular complexity index is 427. The third-order valence-electron chi connectivity index (χ3n) is 2.40. The number of aliphatic hydroxyl groups is 1. The zero-order valence-electron chi connectivity index (χ0n) is 11.6. The Hall–Kier alpha value is -0.980. The smallest absolute Gasteiger partial charge is 0.263 e. The van der Waals surface area contributed by atoms with Crippen LogP contribution in [0.2, 0.25) is 0 Å². The van der Waals surface area contributed by atoms with Gasteiger partial charge in [0.1, 0.15) is 4.88 Å². The first-order chi connectivity index (χ1) is 8.21. The van der Waals surface area contributed by atoms with Gasteiger partial charge in [0.05, 0.1) is 16.3 Å². The number of likely N-dealkylation sites (N-methyl/N-ethyl adjacent to an activating group) is 1. The first-order valence-corrected chi connectivity index (χ1v) is 6.62. The SMILES string of the molecule is Cc1nc(C)c(C(=O)NCC(C)(O)CN(C)C)s1. The second-order valence-corrected chi connectivity index (χ2v) is 6.27. The van der Waals surface area contributed by atoms with Gasteiger partial charge in [-0.15, -0.1) is 11.3 Å².